The van der Waals surface area contributed by atoms with Gasteiger partial charge >= 0.3 is 0 Å². The van der Waals surface area contributed by atoms with E-state index < -0.39 is 9.84 Å². The van der Waals surface area contributed by atoms with Gasteiger partial charge in [0.25, 0.3) is 5.91 Å². The second-order valence-corrected chi connectivity index (χ2v) is 8.85. The van der Waals surface area contributed by atoms with Crippen LogP contribution in [0.1, 0.15) is 48.3 Å². The molecule has 0 aliphatic heterocycles. The van der Waals surface area contributed by atoms with Crippen LogP contribution in [0.25, 0.3) is 0 Å². The molecule has 2 rings (SSSR count). The van der Waals surface area contributed by atoms with Crippen molar-refractivity contribution in [3.8, 4) is 0 Å². The number of rotatable bonds is 6. The van der Waals surface area contributed by atoms with Gasteiger partial charge in [-0.1, -0.05) is 38.1 Å². The molecule has 5 heteroatoms. The Bertz CT molecular complexity index is 822. The van der Waals surface area contributed by atoms with Crippen molar-refractivity contribution in [2.45, 2.75) is 38.1 Å². The first-order valence-corrected chi connectivity index (χ1v) is 10.3. The first-order chi connectivity index (χ1) is 11.7. The molecule has 0 aromatic heterocycles. The molecule has 1 amide bonds. The monoisotopic (exact) mass is 359 g/mol. The molecule has 25 heavy (non-hydrogen) atoms. The normalized spacial score (nSPS) is 12.8. The zero-order valence-corrected chi connectivity index (χ0v) is 15.9. The van der Waals surface area contributed by atoms with E-state index in [2.05, 4.69) is 31.3 Å². The largest absolute Gasteiger partial charge is 0.346 e. The van der Waals surface area contributed by atoms with Crippen molar-refractivity contribution in [3.63, 3.8) is 0 Å². The minimum absolute atomic E-state index is 0.129. The highest BCUT2D eigenvalue weighted by Gasteiger charge is 2.13. The summed E-state index contributed by atoms with van der Waals surface area (Å²) in [5.74, 6) is 0.386. The van der Waals surface area contributed by atoms with E-state index in [9.17, 15) is 13.2 Å². The molecule has 0 saturated heterocycles. The highest BCUT2D eigenvalue weighted by molar-refractivity contribution is 7.90. The Kier molecular flexibility index (Phi) is 6.01. The van der Waals surface area contributed by atoms with Crippen LogP contribution in [0.15, 0.2) is 53.4 Å². The molecule has 134 valence electrons. The molecule has 0 bridgehead atoms. The van der Waals surface area contributed by atoms with Gasteiger partial charge in [0, 0.05) is 11.8 Å². The fraction of sp³-hybridized carbons (Fsp3) is 0.350. The average molecular weight is 359 g/mol. The zero-order valence-electron chi connectivity index (χ0n) is 15.1. The Morgan fingerprint density at radius 1 is 0.960 bits per heavy atom. The summed E-state index contributed by atoms with van der Waals surface area (Å²) in [6, 6.07) is 14.1. The Morgan fingerprint density at radius 2 is 1.52 bits per heavy atom. The van der Waals surface area contributed by atoms with Gasteiger partial charge in [-0.15, -0.1) is 0 Å². The third-order valence-corrected chi connectivity index (χ3v) is 5.14. The van der Waals surface area contributed by atoms with Crippen LogP contribution in [0.2, 0.25) is 0 Å². The van der Waals surface area contributed by atoms with Gasteiger partial charge < -0.3 is 5.32 Å². The number of carbonyl (C=O) groups is 1. The number of hydrogen-bond acceptors (Lipinski definition) is 3. The summed E-state index contributed by atoms with van der Waals surface area (Å²) in [7, 11) is -3.26. The summed E-state index contributed by atoms with van der Waals surface area (Å²) in [4.78, 5) is 12.5. The van der Waals surface area contributed by atoms with Crippen LogP contribution in [-0.2, 0) is 16.3 Å². The van der Waals surface area contributed by atoms with Crippen molar-refractivity contribution in [1.29, 1.82) is 0 Å². The van der Waals surface area contributed by atoms with Crippen LogP contribution in [0, 0.1) is 5.92 Å². The summed E-state index contributed by atoms with van der Waals surface area (Å²) in [5, 5.41) is 2.94. The van der Waals surface area contributed by atoms with Crippen molar-refractivity contribution in [1.82, 2.24) is 5.32 Å². The van der Waals surface area contributed by atoms with Crippen molar-refractivity contribution in [3.05, 3.63) is 65.2 Å². The molecule has 1 N–H and O–H groups in total. The predicted molar refractivity (Wildman–Crippen MR) is 100 cm³/mol. The van der Waals surface area contributed by atoms with E-state index in [1.54, 1.807) is 0 Å². The standard InChI is InChI=1S/C20H25NO3S/c1-14(2)13-16-5-7-17(8-6-16)15(3)21-20(22)18-9-11-19(12-10-18)25(4,23)24/h5-12,14-15H,13H2,1-4H3,(H,21,22). The average Bonchev–Trinajstić information content (AvgIpc) is 2.54. The molecule has 1 unspecified atom stereocenters. The van der Waals surface area contributed by atoms with E-state index >= 15 is 0 Å². The van der Waals surface area contributed by atoms with Crippen molar-refractivity contribution in [2.75, 3.05) is 6.26 Å². The van der Waals surface area contributed by atoms with Gasteiger partial charge in [0.2, 0.25) is 0 Å². The van der Waals surface area contributed by atoms with Gasteiger partial charge in [0.15, 0.2) is 9.84 Å². The number of benzene rings is 2. The number of hydrogen-bond donors (Lipinski definition) is 1. The summed E-state index contributed by atoms with van der Waals surface area (Å²) in [6.45, 7) is 6.30. The van der Waals surface area contributed by atoms with Crippen LogP contribution in [0.5, 0.6) is 0 Å². The Hall–Kier alpha value is -2.14. The van der Waals surface area contributed by atoms with Crippen LogP contribution in [0.3, 0.4) is 0 Å². The molecule has 0 spiro atoms. The molecule has 0 aliphatic rings. The van der Waals surface area contributed by atoms with E-state index in [0.29, 0.717) is 11.5 Å². The molecule has 0 radical (unpaired) electrons. The molecule has 0 aliphatic carbocycles. The molecule has 4 nitrogen and oxygen atoms in total. The second-order valence-electron chi connectivity index (χ2n) is 6.83. The van der Waals surface area contributed by atoms with Crippen molar-refractivity contribution >= 4 is 15.7 Å². The van der Waals surface area contributed by atoms with Gasteiger partial charge in [0.1, 0.15) is 0 Å². The fourth-order valence-electron chi connectivity index (χ4n) is 2.63. The highest BCUT2D eigenvalue weighted by atomic mass is 32.2. The lowest BCUT2D eigenvalue weighted by Crippen LogP contribution is -2.26. The molecule has 2 aromatic rings. The third-order valence-electron chi connectivity index (χ3n) is 4.02. The quantitative estimate of drug-likeness (QED) is 0.854. The molecule has 0 fully saturated rings. The van der Waals surface area contributed by atoms with E-state index in [0.717, 1.165) is 18.2 Å². The Balaban J connectivity index is 2.04. The maximum atomic E-state index is 12.3. The lowest BCUT2D eigenvalue weighted by atomic mass is 10.00. The van der Waals surface area contributed by atoms with Crippen molar-refractivity contribution < 1.29 is 13.2 Å². The van der Waals surface area contributed by atoms with E-state index in [-0.39, 0.29) is 16.8 Å². The molecule has 2 aromatic carbocycles. The van der Waals surface area contributed by atoms with E-state index in [1.165, 1.54) is 29.8 Å². The first-order valence-electron chi connectivity index (χ1n) is 8.36. The minimum atomic E-state index is -3.26. The van der Waals surface area contributed by atoms with Crippen LogP contribution >= 0.6 is 0 Å². The van der Waals surface area contributed by atoms with Gasteiger partial charge in [-0.05, 0) is 54.7 Å². The van der Waals surface area contributed by atoms with Crippen LogP contribution in [0.4, 0.5) is 0 Å². The van der Waals surface area contributed by atoms with Crippen LogP contribution in [-0.4, -0.2) is 20.6 Å². The lowest BCUT2D eigenvalue weighted by molar-refractivity contribution is 0.0940. The van der Waals surface area contributed by atoms with Gasteiger partial charge in [-0.25, -0.2) is 8.42 Å². The van der Waals surface area contributed by atoms with Gasteiger partial charge in [-0.3, -0.25) is 4.79 Å². The highest BCUT2D eigenvalue weighted by Crippen LogP contribution is 2.17. The first kappa shape index (κ1) is 19.2. The SMILES string of the molecule is CC(C)Cc1ccc(C(C)NC(=O)c2ccc(S(C)(=O)=O)cc2)cc1. The van der Waals surface area contributed by atoms with Gasteiger partial charge in [0.05, 0.1) is 10.9 Å². The third kappa shape index (κ3) is 5.43. The molecular weight excluding hydrogens is 334 g/mol. The maximum absolute atomic E-state index is 12.3. The van der Waals surface area contributed by atoms with Crippen LogP contribution < -0.4 is 5.32 Å². The molecule has 1 atom stereocenters. The summed E-state index contributed by atoms with van der Waals surface area (Å²) in [5.41, 5.74) is 2.76. The maximum Gasteiger partial charge on any atom is 0.251 e. The number of carbonyl (C=O) groups excluding carboxylic acids is 1. The minimum Gasteiger partial charge on any atom is -0.346 e. The van der Waals surface area contributed by atoms with Gasteiger partial charge in [-0.2, -0.15) is 0 Å². The summed E-state index contributed by atoms with van der Waals surface area (Å²) in [6.07, 6.45) is 2.18. The topological polar surface area (TPSA) is 63.2 Å². The Morgan fingerprint density at radius 3 is 2.00 bits per heavy atom. The van der Waals surface area contributed by atoms with E-state index in [4.69, 9.17) is 0 Å². The molecular formula is C20H25NO3S. The number of amides is 1. The summed E-state index contributed by atoms with van der Waals surface area (Å²) < 4.78 is 22.9. The predicted octanol–water partition coefficient (Wildman–Crippen LogP) is 3.78. The smallest absolute Gasteiger partial charge is 0.251 e. The second kappa shape index (κ2) is 7.83. The van der Waals surface area contributed by atoms with Crippen molar-refractivity contribution in [2.24, 2.45) is 5.92 Å². The number of sulfone groups is 1. The number of nitrogens with one attached hydrogen (secondary N) is 1. The Labute approximate surface area is 150 Å². The molecule has 0 heterocycles. The van der Waals surface area contributed by atoms with E-state index in [1.807, 2.05) is 19.1 Å². The lowest BCUT2D eigenvalue weighted by Gasteiger charge is -2.15. The summed E-state index contributed by atoms with van der Waals surface area (Å²) >= 11 is 0. The zero-order chi connectivity index (χ0) is 18.6. The fourth-order valence-corrected chi connectivity index (χ4v) is 3.26. The molecule has 0 saturated carbocycles.